The van der Waals surface area contributed by atoms with Gasteiger partial charge in [0.25, 0.3) is 0 Å². The van der Waals surface area contributed by atoms with Crippen molar-refractivity contribution in [2.24, 2.45) is 16.7 Å². The molecule has 147 heavy (non-hydrogen) atoms. The molecule has 4 aliphatic rings. The first-order valence-electron chi connectivity index (χ1n) is 48.9. The first-order valence-corrected chi connectivity index (χ1v) is 50.4. The molecule has 6 N–H and O–H groups in total. The molecule has 0 atom stereocenters. The van der Waals surface area contributed by atoms with Gasteiger partial charge < -0.3 is 19.5 Å². The summed E-state index contributed by atoms with van der Waals surface area (Å²) in [6, 6.07) is 26.3. The summed E-state index contributed by atoms with van der Waals surface area (Å²) in [4.78, 5) is 114. The third kappa shape index (κ3) is 34.5. The Labute approximate surface area is 884 Å². The average molecular weight is 2160 g/mol. The normalized spacial score (nSPS) is 14.1. The molecule has 0 saturated heterocycles. The number of hydrogen-bond acceptors (Lipinski definition) is 21. The predicted octanol–water partition coefficient (Wildman–Crippen LogP) is 25.6. The maximum atomic E-state index is 12.9. The van der Waals surface area contributed by atoms with E-state index in [0.29, 0.717) is 130 Å². The monoisotopic (exact) mass is 2160 g/mol. The lowest BCUT2D eigenvalue weighted by Gasteiger charge is -2.29. The Hall–Kier alpha value is -11.0. The smallest absolute Gasteiger partial charge is 0.383 e. The Morgan fingerprint density at radius 2 is 0.769 bits per heavy atom. The fourth-order valence-corrected chi connectivity index (χ4v) is 17.5. The minimum absolute atomic E-state index is 0. The van der Waals surface area contributed by atoms with Crippen LogP contribution in [0, 0.1) is 51.4 Å². The standard InChI is InChI=1S/C19H19ClN4O.C19H27ClN4O.C17H23ClN4O2.C17H23ClN4O.C16H21F3N4O2.C15H19F3N4O.2ClH/c1-12-4-2-5-13(10-12)11-17(25)23-19-21-15-8-9-16(20)22-18(15)24(19)14-6-3-7-14;1-12-11-15(20)22-17-16(12)23-18(24(17)14-7-6-8-14)21-13(2)9-10-25-19(3,4)5;1-24-11-10-22-16-13(7-8-14(18)20-16)19-17(22)21-15(23)9-6-12-4-2-3-5-12;1-10-8-12(18)19-15-14(10)21-16(22(15)11-6-5-7-11)20-13(23)9-17(2,3)4;1-10-5-6-11-13(20-10)23(9-16(17,18)19)14(21-11)22-12(24)7-8-25-15(2,3)4;1-9-5-6-10-12(19-9)22(8-15(16,17)18)13(20-10)21-11(23)7-14(2,3)4;;/h2,4-5,8-10,14H,3,6-7,11H2,1H3,(H,21,23,25);11,14H,2,6-10H2,1,3-5H3,(H,21,23);7-8,12H,2-6,9-11H2,1H3,(H,19,21,23);8,11H,5-7,9H2,1-4H3,(H,20,21,23);5-6H,7-9H2,1-4H3,(H,21,22,24);5-6H,7-8H2,1-4H3,(H,20,21,23);2*1H. The number of benzene rings is 1. The van der Waals surface area contributed by atoms with E-state index in [9.17, 15) is 50.3 Å². The van der Waals surface area contributed by atoms with E-state index in [0.717, 1.165) is 128 Å². The Bertz CT molecular complexity index is 6770. The van der Waals surface area contributed by atoms with Crippen LogP contribution in [-0.2, 0) is 64.2 Å². The number of rotatable bonds is 28. The van der Waals surface area contributed by atoms with Gasteiger partial charge in [0.15, 0.2) is 33.9 Å². The van der Waals surface area contributed by atoms with Crippen molar-refractivity contribution in [1.82, 2.24) is 87.2 Å². The molecule has 32 nitrogen and oxygen atoms in total. The molecule has 0 spiro atoms. The summed E-state index contributed by atoms with van der Waals surface area (Å²) in [6.45, 7) is 36.3. The van der Waals surface area contributed by atoms with Crippen LogP contribution in [-0.4, -0.2) is 167 Å². The van der Waals surface area contributed by atoms with Gasteiger partial charge in [0.05, 0.1) is 50.4 Å². The Balaban J connectivity index is 0.000000180. The minimum Gasteiger partial charge on any atom is -0.383 e. The van der Waals surface area contributed by atoms with E-state index in [1.54, 1.807) is 57.4 Å². The number of pyridine rings is 6. The van der Waals surface area contributed by atoms with E-state index in [4.69, 9.17) is 65.6 Å². The van der Waals surface area contributed by atoms with Gasteiger partial charge in [-0.2, -0.15) is 26.3 Å². The van der Waals surface area contributed by atoms with Crippen molar-refractivity contribution in [3.05, 3.63) is 151 Å². The maximum Gasteiger partial charge on any atom is 0.406 e. The van der Waals surface area contributed by atoms with Crippen LogP contribution in [0.15, 0.2) is 97.2 Å². The first kappa shape index (κ1) is 118. The summed E-state index contributed by atoms with van der Waals surface area (Å²) in [5.41, 5.74) is 12.3. The van der Waals surface area contributed by atoms with E-state index in [1.165, 1.54) is 44.9 Å². The topological polar surface area (TPSA) is 369 Å². The van der Waals surface area contributed by atoms with Crippen molar-refractivity contribution in [2.45, 2.75) is 307 Å². The van der Waals surface area contributed by atoms with Gasteiger partial charge >= 0.3 is 12.4 Å². The predicted molar refractivity (Wildman–Crippen MR) is 572 cm³/mol. The summed E-state index contributed by atoms with van der Waals surface area (Å²) in [5, 5.41) is 19.0. The molecule has 12 heterocycles. The second-order valence-electron chi connectivity index (χ2n) is 41.7. The van der Waals surface area contributed by atoms with Crippen LogP contribution >= 0.6 is 71.2 Å². The van der Waals surface area contributed by atoms with Crippen molar-refractivity contribution < 1.29 is 64.5 Å². The highest BCUT2D eigenvalue weighted by molar-refractivity contribution is 6.31. The summed E-state index contributed by atoms with van der Waals surface area (Å²) in [7, 11) is 1.64. The highest BCUT2D eigenvalue weighted by Gasteiger charge is 2.36. The number of hydrogen-bond donors (Lipinski definition) is 6. The summed E-state index contributed by atoms with van der Waals surface area (Å²) in [5.74, 6) is 1.91. The van der Waals surface area contributed by atoms with Gasteiger partial charge in [-0.25, -0.2) is 59.8 Å². The number of anilines is 6. The van der Waals surface area contributed by atoms with Gasteiger partial charge in [-0.1, -0.05) is 150 Å². The summed E-state index contributed by atoms with van der Waals surface area (Å²) < 4.78 is 103. The zero-order valence-electron chi connectivity index (χ0n) is 86.4. The number of methoxy groups -OCH3 is 1. The molecule has 44 heteroatoms. The molecule has 798 valence electrons. The Kier molecular flexibility index (Phi) is 40.9. The molecule has 4 fully saturated rings. The third-order valence-corrected chi connectivity index (χ3v) is 24.9. The maximum absolute atomic E-state index is 12.9. The quantitative estimate of drug-likeness (QED) is 0.0196. The third-order valence-electron chi connectivity index (χ3n) is 24.1. The van der Waals surface area contributed by atoms with Crippen LogP contribution in [0.2, 0.25) is 20.6 Å². The molecule has 4 aliphatic carbocycles. The molecule has 13 aromatic rings. The molecule has 1 aromatic carbocycles. The second-order valence-corrected chi connectivity index (χ2v) is 43.2. The average Bonchev–Trinajstić information content (AvgIpc) is 1.61. The molecule has 0 aliphatic heterocycles. The highest BCUT2D eigenvalue weighted by Crippen LogP contribution is 2.43. The molecule has 17 rings (SSSR count). The molecule has 0 radical (unpaired) electrons. The van der Waals surface area contributed by atoms with Crippen molar-refractivity contribution in [1.29, 1.82) is 0 Å². The van der Waals surface area contributed by atoms with Crippen LogP contribution in [0.5, 0.6) is 0 Å². The number of carbonyl (C=O) groups excluding carboxylic acids is 5. The highest BCUT2D eigenvalue weighted by atomic mass is 35.5. The summed E-state index contributed by atoms with van der Waals surface area (Å²) in [6.07, 6.45) is 9.59. The van der Waals surface area contributed by atoms with E-state index in [-0.39, 0.29) is 113 Å². The van der Waals surface area contributed by atoms with Crippen LogP contribution in [0.4, 0.5) is 62.0 Å². The second kappa shape index (κ2) is 51.0. The lowest BCUT2D eigenvalue weighted by molar-refractivity contribution is -0.140. The minimum atomic E-state index is -4.46. The zero-order valence-corrected chi connectivity index (χ0v) is 91.1. The van der Waals surface area contributed by atoms with Gasteiger partial charge in [-0.15, -0.1) is 24.8 Å². The van der Waals surface area contributed by atoms with Gasteiger partial charge in [0.2, 0.25) is 65.2 Å². The number of nitrogens with zero attached hydrogens (tertiary/aromatic N) is 18. The van der Waals surface area contributed by atoms with Gasteiger partial charge in [-0.05, 0) is 234 Å². The molecule has 5 amide bonds. The van der Waals surface area contributed by atoms with E-state index >= 15 is 0 Å². The number of amides is 5. The number of fused-ring (bicyclic) bond motifs is 6. The zero-order chi connectivity index (χ0) is 106. The van der Waals surface area contributed by atoms with Crippen LogP contribution < -0.4 is 31.9 Å². The number of alkyl halides is 6. The lowest BCUT2D eigenvalue weighted by Crippen LogP contribution is -2.25. The number of carbonyl (C=O) groups is 5. The fraction of sp³-hybridized carbons (Fsp3) is 0.524. The number of ether oxygens (including phenoxy) is 3. The van der Waals surface area contributed by atoms with Crippen LogP contribution in [0.25, 0.3) is 67.0 Å². The number of aromatic nitrogens is 18. The Morgan fingerprint density at radius 1 is 0.395 bits per heavy atom. The number of imidazole rings is 6. The molecule has 0 unspecified atom stereocenters. The molecule has 0 bridgehead atoms. The van der Waals surface area contributed by atoms with Crippen molar-refractivity contribution >= 4 is 203 Å². The van der Waals surface area contributed by atoms with Crippen molar-refractivity contribution in [3.63, 3.8) is 0 Å². The number of halogens is 12. The van der Waals surface area contributed by atoms with Gasteiger partial charge in [-0.3, -0.25) is 78.0 Å². The van der Waals surface area contributed by atoms with Crippen molar-refractivity contribution in [2.75, 3.05) is 58.8 Å². The number of aryl methyl sites for hydroxylation is 5. The fourth-order valence-electron chi connectivity index (χ4n) is 16.7. The van der Waals surface area contributed by atoms with E-state index < -0.39 is 37.0 Å². The van der Waals surface area contributed by atoms with E-state index in [1.807, 2.05) is 141 Å². The van der Waals surface area contributed by atoms with Gasteiger partial charge in [0, 0.05) is 68.0 Å². The SMILES string of the molecule is C=C(CCOC(C)(C)C)Nc1nc2c(C)cc(Cl)nc2n1C1CCC1.COCCn1c(NC(=O)CCC2CCCC2)nc2ccc(Cl)nc21.Cc1cc(Cl)nc2c1nc(NC(=O)CC(C)(C)C)n2C1CCC1.Cc1ccc2nc(NC(=O)CC(C)(C)C)n(CC(F)(F)F)c2n1.Cc1ccc2nc(NC(=O)CCOC(C)(C)C)n(CC(F)(F)F)c2n1.Cc1cccc(CC(=O)Nc2nc3ccc(Cl)nc3n2C2CCC2)c1.Cl.Cl. The van der Waals surface area contributed by atoms with Gasteiger partial charge in [0.1, 0.15) is 66.8 Å². The van der Waals surface area contributed by atoms with E-state index in [2.05, 4.69) is 123 Å². The summed E-state index contributed by atoms with van der Waals surface area (Å²) >= 11 is 24.4. The van der Waals surface area contributed by atoms with Crippen molar-refractivity contribution in [3.8, 4) is 0 Å². The Morgan fingerprint density at radius 3 is 1.20 bits per heavy atom. The lowest BCUT2D eigenvalue weighted by atomic mass is 9.92. The molecular weight excluding hydrogens is 2030 g/mol. The molecular formula is C103H134Cl6F6N24O8. The van der Waals surface area contributed by atoms with Crippen LogP contribution in [0.1, 0.15) is 257 Å². The first-order chi connectivity index (χ1) is 68.1. The molecule has 12 aromatic heterocycles. The van der Waals surface area contributed by atoms with Crippen LogP contribution in [0.3, 0.4) is 0 Å². The molecule has 4 saturated carbocycles. The largest absolute Gasteiger partial charge is 0.406 e. The number of nitrogens with one attached hydrogen (secondary N) is 6.